The van der Waals surface area contributed by atoms with Gasteiger partial charge in [0, 0.05) is 36.3 Å². The molecule has 1 aromatic heterocycles. The van der Waals surface area contributed by atoms with E-state index in [1.165, 1.54) is 5.69 Å². The Balaban J connectivity index is 1.67. The molecule has 2 aromatic carbocycles. The quantitative estimate of drug-likeness (QED) is 0.594. The van der Waals surface area contributed by atoms with Gasteiger partial charge in [0.2, 0.25) is 0 Å². The lowest BCUT2D eigenvalue weighted by atomic mass is 10.1. The number of nitrogens with zero attached hydrogens (tertiary/aromatic N) is 2. The van der Waals surface area contributed by atoms with Crippen LogP contribution in [-0.2, 0) is 0 Å². The molecule has 0 unspecified atom stereocenters. The van der Waals surface area contributed by atoms with E-state index in [1.807, 2.05) is 49.4 Å². The normalized spacial score (nSPS) is 10.4. The zero-order valence-corrected chi connectivity index (χ0v) is 16.6. The van der Waals surface area contributed by atoms with E-state index in [-0.39, 0.29) is 5.91 Å². The Morgan fingerprint density at radius 2 is 1.75 bits per heavy atom. The minimum Gasteiger partial charge on any atom is -0.372 e. The van der Waals surface area contributed by atoms with Crippen molar-refractivity contribution in [3.05, 3.63) is 78.0 Å². The van der Waals surface area contributed by atoms with Crippen LogP contribution in [-0.4, -0.2) is 24.0 Å². The predicted octanol–water partition coefficient (Wildman–Crippen LogP) is 5.23. The first-order valence-electron chi connectivity index (χ1n) is 9.55. The second kappa shape index (κ2) is 9.04. The van der Waals surface area contributed by atoms with Crippen LogP contribution >= 0.6 is 0 Å². The standard InChI is InChI=1S/C23H26N4O/c1-4-27(5-2)20-12-13-21(17(3)15-20)26-23(28)18-11-14-22(24-16-18)25-19-9-7-6-8-10-19/h6-16H,4-5H2,1-3H3,(H,24,25)(H,26,28). The molecule has 0 saturated heterocycles. The summed E-state index contributed by atoms with van der Waals surface area (Å²) in [5, 5.41) is 6.19. The summed E-state index contributed by atoms with van der Waals surface area (Å²) in [5.41, 5.74) is 4.49. The number of aryl methyl sites for hydroxylation is 1. The Bertz CT molecular complexity index is 919. The molecule has 0 radical (unpaired) electrons. The first-order chi connectivity index (χ1) is 13.6. The van der Waals surface area contributed by atoms with Gasteiger partial charge in [0.25, 0.3) is 5.91 Å². The molecule has 1 heterocycles. The highest BCUT2D eigenvalue weighted by atomic mass is 16.1. The Morgan fingerprint density at radius 1 is 1.00 bits per heavy atom. The summed E-state index contributed by atoms with van der Waals surface area (Å²) in [6.45, 7) is 8.19. The molecule has 0 fully saturated rings. The number of rotatable bonds is 7. The van der Waals surface area contributed by atoms with Crippen molar-refractivity contribution in [1.82, 2.24) is 4.98 Å². The van der Waals surface area contributed by atoms with Crippen molar-refractivity contribution < 1.29 is 4.79 Å². The van der Waals surface area contributed by atoms with Crippen LogP contribution in [0.15, 0.2) is 66.9 Å². The number of amides is 1. The monoisotopic (exact) mass is 374 g/mol. The van der Waals surface area contributed by atoms with E-state index in [9.17, 15) is 4.79 Å². The first kappa shape index (κ1) is 19.4. The van der Waals surface area contributed by atoms with Crippen molar-refractivity contribution in [3.63, 3.8) is 0 Å². The van der Waals surface area contributed by atoms with Crippen molar-refractivity contribution >= 4 is 28.8 Å². The summed E-state index contributed by atoms with van der Waals surface area (Å²) in [6, 6.07) is 19.5. The number of nitrogens with one attached hydrogen (secondary N) is 2. The third-order valence-corrected chi connectivity index (χ3v) is 4.66. The molecule has 3 aromatic rings. The average molecular weight is 374 g/mol. The van der Waals surface area contributed by atoms with Gasteiger partial charge in [0.1, 0.15) is 5.82 Å². The molecule has 3 rings (SSSR count). The van der Waals surface area contributed by atoms with Crippen LogP contribution in [0, 0.1) is 6.92 Å². The maximum absolute atomic E-state index is 12.6. The molecule has 0 saturated carbocycles. The molecule has 0 aliphatic rings. The molecule has 1 amide bonds. The number of hydrogen-bond acceptors (Lipinski definition) is 4. The van der Waals surface area contributed by atoms with E-state index in [0.717, 1.165) is 30.0 Å². The number of anilines is 4. The van der Waals surface area contributed by atoms with Gasteiger partial charge in [0.15, 0.2) is 0 Å². The summed E-state index contributed by atoms with van der Waals surface area (Å²) in [7, 11) is 0. The van der Waals surface area contributed by atoms with E-state index in [0.29, 0.717) is 11.4 Å². The third kappa shape index (κ3) is 4.68. The Labute approximate surface area is 166 Å². The zero-order valence-electron chi connectivity index (χ0n) is 16.6. The number of carbonyl (C=O) groups is 1. The smallest absolute Gasteiger partial charge is 0.257 e. The van der Waals surface area contributed by atoms with Crippen molar-refractivity contribution in [2.75, 3.05) is 28.6 Å². The number of aromatic nitrogens is 1. The van der Waals surface area contributed by atoms with Gasteiger partial charge in [-0.25, -0.2) is 4.98 Å². The van der Waals surface area contributed by atoms with E-state index in [2.05, 4.69) is 40.4 Å². The maximum atomic E-state index is 12.6. The van der Waals surface area contributed by atoms with Crippen molar-refractivity contribution in [2.45, 2.75) is 20.8 Å². The van der Waals surface area contributed by atoms with Crippen LogP contribution in [0.5, 0.6) is 0 Å². The van der Waals surface area contributed by atoms with Crippen LogP contribution in [0.3, 0.4) is 0 Å². The lowest BCUT2D eigenvalue weighted by molar-refractivity contribution is 0.102. The molecule has 0 aliphatic carbocycles. The van der Waals surface area contributed by atoms with Gasteiger partial charge in [-0.3, -0.25) is 4.79 Å². The predicted molar refractivity (Wildman–Crippen MR) is 117 cm³/mol. The second-order valence-corrected chi connectivity index (χ2v) is 6.55. The van der Waals surface area contributed by atoms with Crippen molar-refractivity contribution in [2.24, 2.45) is 0 Å². The van der Waals surface area contributed by atoms with Gasteiger partial charge in [-0.1, -0.05) is 18.2 Å². The van der Waals surface area contributed by atoms with Gasteiger partial charge < -0.3 is 15.5 Å². The lowest BCUT2D eigenvalue weighted by Crippen LogP contribution is -2.22. The van der Waals surface area contributed by atoms with E-state index < -0.39 is 0 Å². The minimum absolute atomic E-state index is 0.169. The molecule has 0 spiro atoms. The molecule has 5 heteroatoms. The SMILES string of the molecule is CCN(CC)c1ccc(NC(=O)c2ccc(Nc3ccccc3)nc2)c(C)c1. The fraction of sp³-hybridized carbons (Fsp3) is 0.217. The van der Waals surface area contributed by atoms with Gasteiger partial charge in [-0.2, -0.15) is 0 Å². The Morgan fingerprint density at radius 3 is 2.36 bits per heavy atom. The highest BCUT2D eigenvalue weighted by molar-refractivity contribution is 6.04. The molecule has 0 atom stereocenters. The number of benzene rings is 2. The first-order valence-corrected chi connectivity index (χ1v) is 9.55. The molecule has 0 bridgehead atoms. The molecule has 2 N–H and O–H groups in total. The lowest BCUT2D eigenvalue weighted by Gasteiger charge is -2.22. The number of hydrogen-bond donors (Lipinski definition) is 2. The molecule has 28 heavy (non-hydrogen) atoms. The number of carbonyl (C=O) groups excluding carboxylic acids is 1. The van der Waals surface area contributed by atoms with Crippen LogP contribution in [0.2, 0.25) is 0 Å². The second-order valence-electron chi connectivity index (χ2n) is 6.55. The fourth-order valence-corrected chi connectivity index (χ4v) is 3.04. The zero-order chi connectivity index (χ0) is 19.9. The van der Waals surface area contributed by atoms with Crippen LogP contribution in [0.25, 0.3) is 0 Å². The van der Waals surface area contributed by atoms with Crippen LogP contribution < -0.4 is 15.5 Å². The molecule has 144 valence electrons. The molecular weight excluding hydrogens is 348 g/mol. The highest BCUT2D eigenvalue weighted by Gasteiger charge is 2.10. The largest absolute Gasteiger partial charge is 0.372 e. The topological polar surface area (TPSA) is 57.3 Å². The van der Waals surface area contributed by atoms with Gasteiger partial charge >= 0.3 is 0 Å². The Hall–Kier alpha value is -3.34. The summed E-state index contributed by atoms with van der Waals surface area (Å²) in [6.07, 6.45) is 1.58. The molecule has 5 nitrogen and oxygen atoms in total. The fourth-order valence-electron chi connectivity index (χ4n) is 3.04. The van der Waals surface area contributed by atoms with Gasteiger partial charge in [-0.05, 0) is 68.8 Å². The highest BCUT2D eigenvalue weighted by Crippen LogP contribution is 2.23. The average Bonchev–Trinajstić information content (AvgIpc) is 2.72. The minimum atomic E-state index is -0.169. The number of para-hydroxylation sites is 1. The van der Waals surface area contributed by atoms with E-state index in [1.54, 1.807) is 18.3 Å². The molecular formula is C23H26N4O. The van der Waals surface area contributed by atoms with E-state index >= 15 is 0 Å². The molecule has 0 aliphatic heterocycles. The van der Waals surface area contributed by atoms with Crippen molar-refractivity contribution in [1.29, 1.82) is 0 Å². The van der Waals surface area contributed by atoms with Crippen LogP contribution in [0.1, 0.15) is 29.8 Å². The summed E-state index contributed by atoms with van der Waals surface area (Å²) in [5.74, 6) is 0.528. The summed E-state index contributed by atoms with van der Waals surface area (Å²) >= 11 is 0. The van der Waals surface area contributed by atoms with E-state index in [4.69, 9.17) is 0 Å². The van der Waals surface area contributed by atoms with Crippen molar-refractivity contribution in [3.8, 4) is 0 Å². The Kier molecular flexibility index (Phi) is 6.27. The maximum Gasteiger partial charge on any atom is 0.257 e. The number of pyridine rings is 1. The summed E-state index contributed by atoms with van der Waals surface area (Å²) in [4.78, 5) is 19.2. The van der Waals surface area contributed by atoms with Gasteiger partial charge in [-0.15, -0.1) is 0 Å². The summed E-state index contributed by atoms with van der Waals surface area (Å²) < 4.78 is 0. The van der Waals surface area contributed by atoms with Crippen LogP contribution in [0.4, 0.5) is 22.9 Å². The third-order valence-electron chi connectivity index (χ3n) is 4.66. The van der Waals surface area contributed by atoms with Gasteiger partial charge in [0.05, 0.1) is 5.56 Å².